The van der Waals surface area contributed by atoms with E-state index in [4.69, 9.17) is 20.3 Å². The van der Waals surface area contributed by atoms with Crippen LogP contribution in [0.2, 0.25) is 0 Å². The van der Waals surface area contributed by atoms with Crippen molar-refractivity contribution >= 4 is 51.5 Å². The number of nitrogens with two attached hydrogens (primary N) is 1. The molecular weight excluding hydrogens is 668 g/mol. The van der Waals surface area contributed by atoms with Crippen LogP contribution < -0.4 is 37.1 Å². The molecule has 0 unspecified atom stereocenters. The number of carboxylic acid groups (broad SMARTS) is 1. The van der Waals surface area contributed by atoms with Gasteiger partial charge in [-0.1, -0.05) is 47.6 Å². The van der Waals surface area contributed by atoms with Crippen LogP contribution in [-0.2, 0) is 45.4 Å². The highest BCUT2D eigenvalue weighted by Crippen LogP contribution is 2.27. The van der Waals surface area contributed by atoms with Gasteiger partial charge >= 0.3 is 18.0 Å². The number of benzene rings is 1. The zero-order valence-corrected chi connectivity index (χ0v) is 29.2. The van der Waals surface area contributed by atoms with Crippen molar-refractivity contribution in [3.05, 3.63) is 23.8 Å². The number of ether oxygens (including phenoxy) is 2. The Bertz CT molecular complexity index is 1430. The molecule has 0 heterocycles. The molecule has 0 aromatic heterocycles. The molecule has 5 amide bonds. The van der Waals surface area contributed by atoms with Gasteiger partial charge in [0.05, 0.1) is 17.4 Å². The van der Waals surface area contributed by atoms with Gasteiger partial charge in [-0.25, -0.2) is 9.59 Å². The Balaban J connectivity index is 3.31. The summed E-state index contributed by atoms with van der Waals surface area (Å²) in [5.41, 5.74) is 5.58. The van der Waals surface area contributed by atoms with E-state index in [0.717, 1.165) is 0 Å². The van der Waals surface area contributed by atoms with Gasteiger partial charge in [-0.2, -0.15) is 8.42 Å². The maximum atomic E-state index is 13.6. The standard InChI is InChI=1S/C30H48N6O12S/c1-16(2)25(36-27(40)22(33-18(5)6)15-49(44,45)46)28(41)35-21(8-7-11-32-30(31)43)26(39)34-20-10-9-19(13-48-29(42)17(3)4)12-23(20)47-14-24(37)38/h9-10,12,16-18,21-22,25,33H,7-8,11,13-15H2,1-6H3,(H,34,39)(H,35,41)(H,36,40)(H,37,38)(H3,31,32,43)(H,44,45,46)/t21-,22-,25-/m0/s1. The molecule has 276 valence electrons. The summed E-state index contributed by atoms with van der Waals surface area (Å²) < 4.78 is 43.0. The average Bonchev–Trinajstić information content (AvgIpc) is 2.97. The van der Waals surface area contributed by atoms with E-state index in [1.807, 2.05) is 0 Å². The summed E-state index contributed by atoms with van der Waals surface area (Å²) in [6.45, 7) is 8.96. The van der Waals surface area contributed by atoms with Crippen LogP contribution in [0.5, 0.6) is 5.75 Å². The van der Waals surface area contributed by atoms with Crippen molar-refractivity contribution in [2.24, 2.45) is 17.6 Å². The van der Waals surface area contributed by atoms with Crippen LogP contribution in [0.3, 0.4) is 0 Å². The smallest absolute Gasteiger partial charge is 0.341 e. The van der Waals surface area contributed by atoms with Crippen LogP contribution in [0.25, 0.3) is 0 Å². The first-order valence-electron chi connectivity index (χ1n) is 15.5. The third-order valence-electron chi connectivity index (χ3n) is 6.58. The molecule has 1 rings (SSSR count). The number of aliphatic carboxylic acids is 1. The Morgan fingerprint density at radius 2 is 1.57 bits per heavy atom. The molecule has 0 bridgehead atoms. The number of nitrogens with one attached hydrogen (secondary N) is 5. The lowest BCUT2D eigenvalue weighted by Gasteiger charge is -2.28. The van der Waals surface area contributed by atoms with Gasteiger partial charge in [-0.05, 0) is 36.5 Å². The van der Waals surface area contributed by atoms with Gasteiger partial charge in [-0.15, -0.1) is 0 Å². The second kappa shape index (κ2) is 20.1. The van der Waals surface area contributed by atoms with Crippen molar-refractivity contribution in [1.82, 2.24) is 21.3 Å². The summed E-state index contributed by atoms with van der Waals surface area (Å²) in [6.07, 6.45) is 0.128. The zero-order valence-electron chi connectivity index (χ0n) is 28.4. The maximum absolute atomic E-state index is 13.6. The van der Waals surface area contributed by atoms with Crippen molar-refractivity contribution < 1.29 is 56.3 Å². The molecule has 0 saturated carbocycles. The predicted octanol–water partition coefficient (Wildman–Crippen LogP) is 0.116. The van der Waals surface area contributed by atoms with Crippen LogP contribution in [-0.4, -0.2) is 96.8 Å². The normalized spacial score (nSPS) is 13.3. The molecule has 0 radical (unpaired) electrons. The third-order valence-corrected chi connectivity index (χ3v) is 7.34. The topological polar surface area (TPSA) is 282 Å². The number of urea groups is 1. The highest BCUT2D eigenvalue weighted by atomic mass is 32.2. The predicted molar refractivity (Wildman–Crippen MR) is 177 cm³/mol. The van der Waals surface area contributed by atoms with Crippen molar-refractivity contribution in [2.45, 2.75) is 85.2 Å². The summed E-state index contributed by atoms with van der Waals surface area (Å²) in [7, 11) is -4.58. The first-order chi connectivity index (χ1) is 22.7. The SMILES string of the molecule is CC(C)N[C@@H](CS(=O)(=O)O)C(=O)N[C@H](C(=O)N[C@@H](CCCNC(N)=O)C(=O)Nc1ccc(COC(=O)C(C)C)cc1OCC(=O)O)C(C)C. The van der Waals surface area contributed by atoms with E-state index >= 15 is 0 Å². The number of carbonyl (C=O) groups is 6. The van der Waals surface area contributed by atoms with Gasteiger partial charge < -0.3 is 46.9 Å². The molecule has 0 saturated heterocycles. The number of carboxylic acids is 1. The zero-order chi connectivity index (χ0) is 37.5. The van der Waals surface area contributed by atoms with E-state index in [-0.39, 0.29) is 49.4 Å². The fraction of sp³-hybridized carbons (Fsp3) is 0.600. The molecular formula is C30H48N6O12S. The molecule has 18 nitrogen and oxygen atoms in total. The van der Waals surface area contributed by atoms with Gasteiger partial charge in [-0.3, -0.25) is 23.7 Å². The quantitative estimate of drug-likeness (QED) is 0.0477. The summed E-state index contributed by atoms with van der Waals surface area (Å²) in [6, 6.07) is -0.803. The number of primary amides is 1. The number of amides is 5. The molecule has 0 aliphatic rings. The van der Waals surface area contributed by atoms with Gasteiger partial charge in [0.1, 0.15) is 30.5 Å². The molecule has 0 aliphatic heterocycles. The van der Waals surface area contributed by atoms with E-state index in [0.29, 0.717) is 5.56 Å². The van der Waals surface area contributed by atoms with Crippen LogP contribution in [0, 0.1) is 11.8 Å². The van der Waals surface area contributed by atoms with Crippen molar-refractivity contribution in [1.29, 1.82) is 0 Å². The van der Waals surface area contributed by atoms with Gasteiger partial charge in [0.15, 0.2) is 6.61 Å². The van der Waals surface area contributed by atoms with Gasteiger partial charge in [0, 0.05) is 12.6 Å². The molecule has 49 heavy (non-hydrogen) atoms. The first-order valence-corrected chi connectivity index (χ1v) is 17.1. The van der Waals surface area contributed by atoms with E-state index in [2.05, 4.69) is 26.6 Å². The minimum Gasteiger partial charge on any atom is -0.480 e. The van der Waals surface area contributed by atoms with Gasteiger partial charge in [0.2, 0.25) is 17.7 Å². The maximum Gasteiger partial charge on any atom is 0.341 e. The fourth-order valence-corrected chi connectivity index (χ4v) is 4.88. The summed E-state index contributed by atoms with van der Waals surface area (Å²) in [5, 5.41) is 21.9. The molecule has 0 spiro atoms. The van der Waals surface area contributed by atoms with E-state index in [1.54, 1.807) is 41.5 Å². The highest BCUT2D eigenvalue weighted by Gasteiger charge is 2.33. The van der Waals surface area contributed by atoms with E-state index < -0.39 is 82.2 Å². The Morgan fingerprint density at radius 1 is 0.918 bits per heavy atom. The van der Waals surface area contributed by atoms with E-state index in [9.17, 15) is 41.7 Å². The fourth-order valence-electron chi connectivity index (χ4n) is 4.21. The number of esters is 1. The number of rotatable bonds is 21. The minimum atomic E-state index is -4.58. The van der Waals surface area contributed by atoms with Crippen molar-refractivity contribution in [3.8, 4) is 5.75 Å². The van der Waals surface area contributed by atoms with Crippen LogP contribution in [0.15, 0.2) is 18.2 Å². The molecule has 1 aromatic rings. The molecule has 0 aliphatic carbocycles. The minimum absolute atomic E-state index is 0.0289. The second-order valence-corrected chi connectivity index (χ2v) is 13.6. The van der Waals surface area contributed by atoms with Crippen LogP contribution >= 0.6 is 0 Å². The van der Waals surface area contributed by atoms with Crippen LogP contribution in [0.1, 0.15) is 59.9 Å². The lowest BCUT2D eigenvalue weighted by molar-refractivity contribution is -0.148. The molecule has 3 atom stereocenters. The first kappa shape index (κ1) is 42.5. The number of hydrogen-bond acceptors (Lipinski definition) is 11. The Morgan fingerprint density at radius 3 is 2.10 bits per heavy atom. The molecule has 9 N–H and O–H groups in total. The number of anilines is 1. The lowest BCUT2D eigenvalue weighted by Crippen LogP contribution is -2.59. The van der Waals surface area contributed by atoms with Crippen molar-refractivity contribution in [2.75, 3.05) is 24.2 Å². The average molecular weight is 717 g/mol. The Hall–Kier alpha value is -4.49. The molecule has 1 aromatic carbocycles. The number of carbonyl (C=O) groups excluding carboxylic acids is 5. The van der Waals surface area contributed by atoms with Crippen LogP contribution in [0.4, 0.5) is 10.5 Å². The molecule has 19 heteroatoms. The van der Waals surface area contributed by atoms with Gasteiger partial charge in [0.25, 0.3) is 10.1 Å². The summed E-state index contributed by atoms with van der Waals surface area (Å²) >= 11 is 0. The highest BCUT2D eigenvalue weighted by molar-refractivity contribution is 7.85. The Kier molecular flexibility index (Phi) is 17.5. The lowest BCUT2D eigenvalue weighted by atomic mass is 10.0. The summed E-state index contributed by atoms with van der Waals surface area (Å²) in [4.78, 5) is 74.4. The largest absolute Gasteiger partial charge is 0.480 e. The number of hydrogen-bond donors (Lipinski definition) is 8. The third kappa shape index (κ3) is 16.9. The van der Waals surface area contributed by atoms with Crippen molar-refractivity contribution in [3.63, 3.8) is 0 Å². The summed E-state index contributed by atoms with van der Waals surface area (Å²) in [5.74, 6) is -6.17. The van der Waals surface area contributed by atoms with E-state index in [1.165, 1.54) is 18.2 Å². The molecule has 0 fully saturated rings. The Labute approximate surface area is 285 Å². The second-order valence-electron chi connectivity index (χ2n) is 12.1. The monoisotopic (exact) mass is 716 g/mol.